The Morgan fingerprint density at radius 2 is 1.54 bits per heavy atom. The fraction of sp³-hybridized carbons (Fsp3) is 0.452. The molecule has 2 unspecified atom stereocenters. The average molecular weight is 561 g/mol. The molecule has 0 spiro atoms. The third-order valence-corrected chi connectivity index (χ3v) is 8.03. The van der Waals surface area contributed by atoms with Crippen LogP contribution in [0.4, 0.5) is 0 Å². The van der Waals surface area contributed by atoms with E-state index in [9.17, 15) is 29.1 Å². The Morgan fingerprint density at radius 3 is 2.07 bits per heavy atom. The number of amides is 4. The van der Waals surface area contributed by atoms with E-state index in [0.29, 0.717) is 24.1 Å². The van der Waals surface area contributed by atoms with Crippen molar-refractivity contribution < 1.29 is 29.1 Å². The largest absolute Gasteiger partial charge is 0.372 e. The van der Waals surface area contributed by atoms with E-state index in [4.69, 9.17) is 0 Å². The summed E-state index contributed by atoms with van der Waals surface area (Å²) in [6.45, 7) is 4.23. The number of hydrogen-bond donors (Lipinski definition) is 5. The van der Waals surface area contributed by atoms with E-state index < -0.39 is 47.1 Å². The van der Waals surface area contributed by atoms with Crippen molar-refractivity contribution >= 4 is 29.4 Å². The normalized spacial score (nSPS) is 19.9. The molecule has 2 aromatic rings. The number of carbonyl (C=O) groups is 5. The van der Waals surface area contributed by atoms with Gasteiger partial charge in [0.05, 0.1) is 6.04 Å². The Labute approximate surface area is 238 Å². The van der Waals surface area contributed by atoms with Crippen LogP contribution in [0.15, 0.2) is 48.5 Å². The lowest BCUT2D eigenvalue weighted by atomic mass is 9.89. The first-order valence-corrected chi connectivity index (χ1v) is 14.2. The van der Waals surface area contributed by atoms with Crippen LogP contribution in [-0.4, -0.2) is 59.2 Å². The molecular formula is C31H36N4O6. The third kappa shape index (κ3) is 5.74. The topological polar surface area (TPSA) is 154 Å². The van der Waals surface area contributed by atoms with Gasteiger partial charge in [0.1, 0.15) is 6.04 Å². The first-order valence-electron chi connectivity index (χ1n) is 14.2. The summed E-state index contributed by atoms with van der Waals surface area (Å²) in [6, 6.07) is 11.8. The van der Waals surface area contributed by atoms with Crippen LogP contribution in [0.1, 0.15) is 57.1 Å². The molecule has 4 amide bonds. The molecule has 2 aromatic carbocycles. The molecule has 2 aliphatic carbocycles. The first kappa shape index (κ1) is 28.5. The summed E-state index contributed by atoms with van der Waals surface area (Å²) >= 11 is 0. The third-order valence-electron chi connectivity index (χ3n) is 8.03. The molecule has 10 heteroatoms. The van der Waals surface area contributed by atoms with Crippen molar-refractivity contribution in [3.63, 3.8) is 0 Å². The van der Waals surface area contributed by atoms with Crippen LogP contribution in [0.2, 0.25) is 0 Å². The number of ketones is 1. The molecule has 2 fully saturated rings. The highest BCUT2D eigenvalue weighted by molar-refractivity contribution is 6.38. The summed E-state index contributed by atoms with van der Waals surface area (Å²) in [4.78, 5) is 65.5. The summed E-state index contributed by atoms with van der Waals surface area (Å²) < 4.78 is 0. The fourth-order valence-electron chi connectivity index (χ4n) is 5.72. The van der Waals surface area contributed by atoms with Crippen molar-refractivity contribution in [2.75, 3.05) is 6.54 Å². The Balaban J connectivity index is 1.38. The SMILES string of the molecule is CC(C)CC(NC(=O)C1(O)c2ccccc2-c2ccccc21)C(=O)NC(C[C@@H]1CCNC1=O)C(=O)C(=O)NC1CC1. The van der Waals surface area contributed by atoms with Gasteiger partial charge in [-0.2, -0.15) is 0 Å². The Kier molecular flexibility index (Phi) is 7.95. The smallest absolute Gasteiger partial charge is 0.289 e. The lowest BCUT2D eigenvalue weighted by Gasteiger charge is -2.29. The minimum atomic E-state index is -2.02. The zero-order valence-corrected chi connectivity index (χ0v) is 23.2. The molecule has 41 heavy (non-hydrogen) atoms. The van der Waals surface area contributed by atoms with Crippen molar-refractivity contribution in [3.8, 4) is 11.1 Å². The highest BCUT2D eigenvalue weighted by atomic mass is 16.3. The van der Waals surface area contributed by atoms with E-state index in [1.165, 1.54) is 0 Å². The minimum Gasteiger partial charge on any atom is -0.372 e. The van der Waals surface area contributed by atoms with Gasteiger partial charge in [-0.25, -0.2) is 0 Å². The monoisotopic (exact) mass is 560 g/mol. The second-order valence-corrected chi connectivity index (χ2v) is 11.6. The zero-order valence-electron chi connectivity index (χ0n) is 23.2. The van der Waals surface area contributed by atoms with Crippen LogP contribution in [0.5, 0.6) is 0 Å². The molecule has 0 bridgehead atoms. The minimum absolute atomic E-state index is 0.0263. The van der Waals surface area contributed by atoms with E-state index in [-0.39, 0.29) is 30.7 Å². The molecule has 1 aliphatic heterocycles. The van der Waals surface area contributed by atoms with Crippen molar-refractivity contribution in [1.29, 1.82) is 0 Å². The van der Waals surface area contributed by atoms with E-state index in [0.717, 1.165) is 24.0 Å². The van der Waals surface area contributed by atoms with Crippen molar-refractivity contribution in [2.24, 2.45) is 11.8 Å². The van der Waals surface area contributed by atoms with Crippen LogP contribution in [0.3, 0.4) is 0 Å². The number of benzene rings is 2. The van der Waals surface area contributed by atoms with Crippen molar-refractivity contribution in [3.05, 3.63) is 59.7 Å². The molecule has 10 nitrogen and oxygen atoms in total. The molecule has 1 saturated carbocycles. The van der Waals surface area contributed by atoms with Crippen LogP contribution < -0.4 is 21.3 Å². The van der Waals surface area contributed by atoms with Gasteiger partial charge in [0, 0.05) is 29.6 Å². The number of Topliss-reactive ketones (excluding diaryl/α,β-unsaturated/α-hetero) is 1. The standard InChI is InChI=1S/C31H36N4O6/c1-17(2)15-25(35-30(40)31(41)22-9-5-3-7-20(22)21-8-4-6-10-23(21)31)28(38)34-24(16-18-13-14-32-27(18)37)26(36)29(39)33-19-11-12-19/h3-10,17-19,24-25,41H,11-16H2,1-2H3,(H,32,37)(H,33,39)(H,34,38)(H,35,40)/t18-,24?,25?/m0/s1. The number of rotatable bonds is 11. The summed E-state index contributed by atoms with van der Waals surface area (Å²) in [6.07, 6.45) is 2.26. The maximum absolute atomic E-state index is 13.8. The second-order valence-electron chi connectivity index (χ2n) is 11.6. The maximum atomic E-state index is 13.8. The zero-order chi connectivity index (χ0) is 29.3. The Hall–Kier alpha value is -4.05. The highest BCUT2D eigenvalue weighted by Gasteiger charge is 2.48. The van der Waals surface area contributed by atoms with Gasteiger partial charge in [-0.1, -0.05) is 62.4 Å². The Bertz CT molecular complexity index is 1340. The average Bonchev–Trinajstić information content (AvgIpc) is 3.62. The van der Waals surface area contributed by atoms with Crippen molar-refractivity contribution in [1.82, 2.24) is 21.3 Å². The number of fused-ring (bicyclic) bond motifs is 3. The summed E-state index contributed by atoms with van der Waals surface area (Å²) in [5.74, 6) is -3.83. The van der Waals surface area contributed by atoms with Gasteiger partial charge in [0.15, 0.2) is 5.60 Å². The van der Waals surface area contributed by atoms with E-state index in [1.54, 1.807) is 24.3 Å². The van der Waals surface area contributed by atoms with E-state index in [1.807, 2.05) is 38.1 Å². The number of nitrogens with one attached hydrogen (secondary N) is 4. The van der Waals surface area contributed by atoms with Gasteiger partial charge < -0.3 is 26.4 Å². The van der Waals surface area contributed by atoms with Crippen LogP contribution >= 0.6 is 0 Å². The van der Waals surface area contributed by atoms with Gasteiger partial charge in [-0.05, 0) is 49.1 Å². The van der Waals surface area contributed by atoms with Gasteiger partial charge >= 0.3 is 0 Å². The molecule has 1 heterocycles. The van der Waals surface area contributed by atoms with Crippen LogP contribution in [0, 0.1) is 11.8 Å². The summed E-state index contributed by atoms with van der Waals surface area (Å²) in [7, 11) is 0. The lowest BCUT2D eigenvalue weighted by Crippen LogP contribution is -2.57. The predicted octanol–water partition coefficient (Wildman–Crippen LogP) is 1.29. The molecule has 1 saturated heterocycles. The van der Waals surface area contributed by atoms with Crippen LogP contribution in [-0.2, 0) is 29.6 Å². The Morgan fingerprint density at radius 1 is 0.927 bits per heavy atom. The quantitative estimate of drug-likeness (QED) is 0.261. The first-order chi connectivity index (χ1) is 19.6. The number of aliphatic hydroxyl groups is 1. The van der Waals surface area contributed by atoms with E-state index in [2.05, 4.69) is 21.3 Å². The molecule has 5 N–H and O–H groups in total. The summed E-state index contributed by atoms with van der Waals surface area (Å²) in [5, 5.41) is 22.7. The molecule has 5 rings (SSSR count). The second kappa shape index (κ2) is 11.4. The van der Waals surface area contributed by atoms with Gasteiger partial charge in [0.2, 0.25) is 17.6 Å². The van der Waals surface area contributed by atoms with Gasteiger partial charge in [-0.15, -0.1) is 0 Å². The van der Waals surface area contributed by atoms with E-state index >= 15 is 0 Å². The lowest BCUT2D eigenvalue weighted by molar-refractivity contribution is -0.142. The molecule has 216 valence electrons. The molecule has 3 aliphatic rings. The van der Waals surface area contributed by atoms with Gasteiger partial charge in [0.25, 0.3) is 11.8 Å². The molecule has 0 aromatic heterocycles. The summed E-state index contributed by atoms with van der Waals surface area (Å²) in [5.41, 5.74) is 0.267. The maximum Gasteiger partial charge on any atom is 0.289 e. The van der Waals surface area contributed by atoms with Crippen LogP contribution in [0.25, 0.3) is 11.1 Å². The molecule has 3 atom stereocenters. The van der Waals surface area contributed by atoms with Gasteiger partial charge in [-0.3, -0.25) is 24.0 Å². The van der Waals surface area contributed by atoms with Crippen molar-refractivity contribution in [2.45, 2.75) is 69.7 Å². The fourth-order valence-corrected chi connectivity index (χ4v) is 5.72. The molecular weight excluding hydrogens is 524 g/mol. The number of carbonyl (C=O) groups excluding carboxylic acids is 5. The predicted molar refractivity (Wildman–Crippen MR) is 150 cm³/mol. The highest BCUT2D eigenvalue weighted by Crippen LogP contribution is 2.47. The number of hydrogen-bond acceptors (Lipinski definition) is 6. The molecule has 0 radical (unpaired) electrons.